The SMILES string of the molecule is CCCc1nc2c3ccccc3n(CC(=O)c3ccc(Cl)cc3)c(=O)n2n1. The van der Waals surface area contributed by atoms with Gasteiger partial charge >= 0.3 is 5.69 Å². The molecule has 27 heavy (non-hydrogen) atoms. The molecule has 0 radical (unpaired) electrons. The van der Waals surface area contributed by atoms with E-state index >= 15 is 0 Å². The van der Waals surface area contributed by atoms with Gasteiger partial charge < -0.3 is 0 Å². The molecule has 0 fully saturated rings. The smallest absolute Gasteiger partial charge is 0.292 e. The van der Waals surface area contributed by atoms with Crippen LogP contribution in [0.1, 0.15) is 29.5 Å². The predicted octanol–water partition coefficient (Wildman–Crippen LogP) is 3.53. The van der Waals surface area contributed by atoms with Crippen molar-refractivity contribution < 1.29 is 4.79 Å². The van der Waals surface area contributed by atoms with Gasteiger partial charge in [0.25, 0.3) is 0 Å². The van der Waals surface area contributed by atoms with E-state index in [0.29, 0.717) is 34.0 Å². The molecule has 136 valence electrons. The molecule has 4 aromatic rings. The van der Waals surface area contributed by atoms with Crippen molar-refractivity contribution in [2.45, 2.75) is 26.3 Å². The molecule has 0 aliphatic carbocycles. The van der Waals surface area contributed by atoms with Gasteiger partial charge in [-0.3, -0.25) is 9.36 Å². The number of nitrogens with zero attached hydrogens (tertiary/aromatic N) is 4. The molecule has 7 heteroatoms. The molecule has 0 aliphatic heterocycles. The largest absolute Gasteiger partial charge is 0.351 e. The minimum absolute atomic E-state index is 0.0834. The van der Waals surface area contributed by atoms with Crippen LogP contribution >= 0.6 is 11.6 Å². The maximum Gasteiger partial charge on any atom is 0.351 e. The maximum absolute atomic E-state index is 13.0. The quantitative estimate of drug-likeness (QED) is 0.496. The summed E-state index contributed by atoms with van der Waals surface area (Å²) in [7, 11) is 0. The molecule has 0 saturated heterocycles. The Hall–Kier alpha value is -2.99. The van der Waals surface area contributed by atoms with Gasteiger partial charge in [-0.15, -0.1) is 5.10 Å². The van der Waals surface area contributed by atoms with E-state index in [1.54, 1.807) is 24.3 Å². The second-order valence-electron chi connectivity index (χ2n) is 6.33. The van der Waals surface area contributed by atoms with Gasteiger partial charge in [-0.25, -0.2) is 9.78 Å². The van der Waals surface area contributed by atoms with Crippen molar-refractivity contribution in [3.63, 3.8) is 0 Å². The predicted molar refractivity (Wildman–Crippen MR) is 105 cm³/mol. The van der Waals surface area contributed by atoms with Crippen LogP contribution < -0.4 is 5.69 Å². The number of carbonyl (C=O) groups is 1. The zero-order valence-electron chi connectivity index (χ0n) is 14.7. The summed E-state index contributed by atoms with van der Waals surface area (Å²) in [6.07, 6.45) is 1.58. The minimum atomic E-state index is -0.374. The number of benzene rings is 2. The van der Waals surface area contributed by atoms with Crippen molar-refractivity contribution in [1.82, 2.24) is 19.2 Å². The van der Waals surface area contributed by atoms with Gasteiger partial charge in [0.2, 0.25) is 0 Å². The second kappa shape index (κ2) is 6.96. The molecule has 0 atom stereocenters. The molecule has 2 aromatic heterocycles. The number of rotatable bonds is 5. The Labute approximate surface area is 160 Å². The number of carbonyl (C=O) groups excluding carboxylic acids is 1. The zero-order valence-corrected chi connectivity index (χ0v) is 15.5. The Morgan fingerprint density at radius 1 is 1.11 bits per heavy atom. The van der Waals surface area contributed by atoms with Crippen LogP contribution in [-0.2, 0) is 13.0 Å². The van der Waals surface area contributed by atoms with Crippen molar-refractivity contribution in [1.29, 1.82) is 0 Å². The molecule has 2 heterocycles. The van der Waals surface area contributed by atoms with E-state index in [1.807, 2.05) is 31.2 Å². The summed E-state index contributed by atoms with van der Waals surface area (Å²) in [5, 5.41) is 5.69. The Morgan fingerprint density at radius 3 is 2.59 bits per heavy atom. The van der Waals surface area contributed by atoms with Crippen molar-refractivity contribution in [2.24, 2.45) is 0 Å². The average Bonchev–Trinajstić information content (AvgIpc) is 3.10. The lowest BCUT2D eigenvalue weighted by Gasteiger charge is -2.10. The molecule has 0 N–H and O–H groups in total. The van der Waals surface area contributed by atoms with Gasteiger partial charge in [0.05, 0.1) is 12.1 Å². The van der Waals surface area contributed by atoms with Crippen LogP contribution in [0.15, 0.2) is 53.3 Å². The number of aromatic nitrogens is 4. The number of hydrogen-bond acceptors (Lipinski definition) is 4. The van der Waals surface area contributed by atoms with Gasteiger partial charge in [0.1, 0.15) is 0 Å². The van der Waals surface area contributed by atoms with Crippen LogP contribution in [0.25, 0.3) is 16.6 Å². The molecule has 0 aliphatic rings. The highest BCUT2D eigenvalue weighted by atomic mass is 35.5. The lowest BCUT2D eigenvalue weighted by Crippen LogP contribution is -2.30. The van der Waals surface area contributed by atoms with Gasteiger partial charge in [-0.1, -0.05) is 30.7 Å². The first-order chi connectivity index (χ1) is 13.1. The molecular formula is C20H17ClN4O2. The van der Waals surface area contributed by atoms with Crippen LogP contribution in [0.5, 0.6) is 0 Å². The Morgan fingerprint density at radius 2 is 1.85 bits per heavy atom. The van der Waals surface area contributed by atoms with E-state index in [2.05, 4.69) is 10.1 Å². The second-order valence-corrected chi connectivity index (χ2v) is 6.77. The summed E-state index contributed by atoms with van der Waals surface area (Å²) in [4.78, 5) is 30.3. The van der Waals surface area contributed by atoms with Crippen LogP contribution in [-0.4, -0.2) is 24.9 Å². The summed E-state index contributed by atoms with van der Waals surface area (Å²) in [6, 6.07) is 14.1. The Kier molecular flexibility index (Phi) is 4.49. The van der Waals surface area contributed by atoms with Crippen LogP contribution in [0.2, 0.25) is 5.02 Å². The number of Topliss-reactive ketones (excluding diaryl/α,β-unsaturated/α-hetero) is 1. The number of ketones is 1. The average molecular weight is 381 g/mol. The first-order valence-corrected chi connectivity index (χ1v) is 9.12. The minimum Gasteiger partial charge on any atom is -0.292 e. The molecule has 0 unspecified atom stereocenters. The summed E-state index contributed by atoms with van der Waals surface area (Å²) in [5.41, 5.74) is 1.31. The normalized spacial score (nSPS) is 11.3. The lowest BCUT2D eigenvalue weighted by atomic mass is 10.1. The number of halogens is 1. The summed E-state index contributed by atoms with van der Waals surface area (Å²) >= 11 is 5.89. The van der Waals surface area contributed by atoms with Gasteiger partial charge in [-0.2, -0.15) is 4.52 Å². The number of aryl methyl sites for hydroxylation is 1. The van der Waals surface area contributed by atoms with Crippen LogP contribution in [0, 0.1) is 0 Å². The summed E-state index contributed by atoms with van der Waals surface area (Å²) < 4.78 is 2.74. The number of fused-ring (bicyclic) bond motifs is 3. The monoisotopic (exact) mass is 380 g/mol. The van der Waals surface area contributed by atoms with Crippen LogP contribution in [0.3, 0.4) is 0 Å². The Balaban J connectivity index is 1.88. The van der Waals surface area contributed by atoms with Gasteiger partial charge in [0, 0.05) is 22.4 Å². The number of hydrogen-bond donors (Lipinski definition) is 0. The fourth-order valence-corrected chi connectivity index (χ4v) is 3.26. The molecule has 0 amide bonds. The summed E-state index contributed by atoms with van der Waals surface area (Å²) in [6.45, 7) is 1.95. The van der Waals surface area contributed by atoms with Crippen molar-refractivity contribution in [2.75, 3.05) is 0 Å². The molecule has 2 aromatic carbocycles. The standard InChI is InChI=1S/C20H17ClN4O2/c1-2-5-18-22-19-15-6-3-4-7-16(15)24(20(27)25(19)23-18)12-17(26)13-8-10-14(21)11-9-13/h3-4,6-11H,2,5,12H2,1H3. The molecule has 0 saturated carbocycles. The van der Waals surface area contributed by atoms with E-state index in [9.17, 15) is 9.59 Å². The first kappa shape index (κ1) is 17.4. The van der Waals surface area contributed by atoms with Crippen molar-refractivity contribution in [3.8, 4) is 0 Å². The number of para-hydroxylation sites is 1. The van der Waals surface area contributed by atoms with E-state index in [-0.39, 0.29) is 18.0 Å². The van der Waals surface area contributed by atoms with E-state index in [4.69, 9.17) is 11.6 Å². The maximum atomic E-state index is 13.0. The highest BCUT2D eigenvalue weighted by Gasteiger charge is 2.17. The van der Waals surface area contributed by atoms with Crippen molar-refractivity contribution in [3.05, 3.63) is 75.4 Å². The topological polar surface area (TPSA) is 69.3 Å². The third-order valence-electron chi connectivity index (χ3n) is 4.44. The zero-order chi connectivity index (χ0) is 19.0. The van der Waals surface area contributed by atoms with Gasteiger partial charge in [0.15, 0.2) is 17.3 Å². The first-order valence-electron chi connectivity index (χ1n) is 8.74. The van der Waals surface area contributed by atoms with E-state index in [1.165, 1.54) is 9.08 Å². The van der Waals surface area contributed by atoms with Crippen LogP contribution in [0.4, 0.5) is 0 Å². The molecule has 6 nitrogen and oxygen atoms in total. The summed E-state index contributed by atoms with van der Waals surface area (Å²) in [5.74, 6) is 0.452. The Bertz CT molecular complexity index is 1210. The lowest BCUT2D eigenvalue weighted by molar-refractivity contribution is 0.0971. The van der Waals surface area contributed by atoms with E-state index < -0.39 is 0 Å². The third kappa shape index (κ3) is 3.13. The van der Waals surface area contributed by atoms with E-state index in [0.717, 1.165) is 11.8 Å². The molecule has 0 bridgehead atoms. The van der Waals surface area contributed by atoms with Crippen molar-refractivity contribution >= 4 is 33.9 Å². The highest BCUT2D eigenvalue weighted by molar-refractivity contribution is 6.30. The third-order valence-corrected chi connectivity index (χ3v) is 4.69. The molecule has 4 rings (SSSR count). The fourth-order valence-electron chi connectivity index (χ4n) is 3.13. The fraction of sp³-hybridized carbons (Fsp3) is 0.200. The highest BCUT2D eigenvalue weighted by Crippen LogP contribution is 2.18. The van der Waals surface area contributed by atoms with Gasteiger partial charge in [-0.05, 0) is 42.8 Å². The molecular weight excluding hydrogens is 364 g/mol. The molecule has 0 spiro atoms.